The molecule has 1 atom stereocenters. The van der Waals surface area contributed by atoms with Crippen LogP contribution in [0.15, 0.2) is 36.4 Å². The molecule has 6 heteroatoms. The molecule has 0 aromatic heterocycles. The summed E-state index contributed by atoms with van der Waals surface area (Å²) in [6.45, 7) is 2.14. The number of nitrogen functional groups attached to an aromatic ring is 1. The number of likely N-dealkylation sites (tertiary alicyclic amines) is 1. The van der Waals surface area contributed by atoms with E-state index in [2.05, 4.69) is 4.90 Å². The van der Waals surface area contributed by atoms with Gasteiger partial charge in [-0.05, 0) is 67.6 Å². The zero-order valence-corrected chi connectivity index (χ0v) is 15.5. The predicted octanol–water partition coefficient (Wildman–Crippen LogP) is 3.54. The van der Waals surface area contributed by atoms with Crippen LogP contribution in [0.25, 0.3) is 0 Å². The van der Waals surface area contributed by atoms with E-state index < -0.39 is 17.7 Å². The second kappa shape index (κ2) is 8.67. The lowest BCUT2D eigenvalue weighted by Gasteiger charge is -2.33. The number of hydrogen-bond donors (Lipinski definition) is 2. The number of nitrogens with zero attached hydrogens (tertiary/aromatic N) is 1. The molecule has 1 aliphatic heterocycles. The Hall–Kier alpha value is -2.18. The number of benzene rings is 2. The number of β-amino-alcohol motifs (C(OH)–C–C–N with tert-alkyl or cyclic N) is 1. The number of piperidine rings is 1. The summed E-state index contributed by atoms with van der Waals surface area (Å²) in [7, 11) is 1.62. The van der Waals surface area contributed by atoms with Crippen LogP contribution in [0, 0.1) is 17.6 Å². The lowest BCUT2D eigenvalue weighted by atomic mass is 9.89. The Bertz CT molecular complexity index is 777. The van der Waals surface area contributed by atoms with E-state index in [4.69, 9.17) is 10.5 Å². The fourth-order valence-corrected chi connectivity index (χ4v) is 3.64. The van der Waals surface area contributed by atoms with Gasteiger partial charge in [-0.2, -0.15) is 0 Å². The number of aliphatic hydroxyl groups is 1. The summed E-state index contributed by atoms with van der Waals surface area (Å²) in [5.74, 6) is -0.526. The number of halogens is 2. The molecule has 0 spiro atoms. The summed E-state index contributed by atoms with van der Waals surface area (Å²) < 4.78 is 31.6. The summed E-state index contributed by atoms with van der Waals surface area (Å²) in [5, 5.41) is 10.3. The Morgan fingerprint density at radius 2 is 1.89 bits per heavy atom. The standard InChI is InChI=1S/C21H26F2N2O2/c1-27-17-4-2-15(20(24)12-17)10-14-6-8-25(9-7-14)13-21(26)16-3-5-18(22)19(23)11-16/h2-5,11-12,14,21,26H,6-10,13,24H2,1H3. The molecule has 3 N–H and O–H groups in total. The van der Waals surface area contributed by atoms with Gasteiger partial charge in [-0.3, -0.25) is 0 Å². The summed E-state index contributed by atoms with van der Waals surface area (Å²) >= 11 is 0. The summed E-state index contributed by atoms with van der Waals surface area (Å²) in [6, 6.07) is 9.36. The molecule has 2 aromatic rings. The highest BCUT2D eigenvalue weighted by Gasteiger charge is 2.23. The maximum absolute atomic E-state index is 13.3. The number of anilines is 1. The van der Waals surface area contributed by atoms with Crippen LogP contribution in [-0.4, -0.2) is 36.8 Å². The SMILES string of the molecule is COc1ccc(CC2CCN(CC(O)c3ccc(F)c(F)c3)CC2)c(N)c1. The van der Waals surface area contributed by atoms with Crippen molar-refractivity contribution in [1.29, 1.82) is 0 Å². The van der Waals surface area contributed by atoms with Crippen LogP contribution >= 0.6 is 0 Å². The summed E-state index contributed by atoms with van der Waals surface area (Å²) in [5.41, 5.74) is 8.41. The Morgan fingerprint density at radius 1 is 1.15 bits per heavy atom. The van der Waals surface area contributed by atoms with Gasteiger partial charge in [0.1, 0.15) is 5.75 Å². The average Bonchev–Trinajstić information content (AvgIpc) is 2.67. The van der Waals surface area contributed by atoms with E-state index >= 15 is 0 Å². The second-order valence-corrected chi connectivity index (χ2v) is 7.20. The fraction of sp³-hybridized carbons (Fsp3) is 0.429. The van der Waals surface area contributed by atoms with E-state index in [0.29, 0.717) is 18.0 Å². The van der Waals surface area contributed by atoms with Crippen LogP contribution in [0.1, 0.15) is 30.1 Å². The molecule has 27 heavy (non-hydrogen) atoms. The molecule has 0 aliphatic carbocycles. The van der Waals surface area contributed by atoms with Crippen LogP contribution in [0.4, 0.5) is 14.5 Å². The lowest BCUT2D eigenvalue weighted by molar-refractivity contribution is 0.0890. The normalized spacial score (nSPS) is 17.0. The number of nitrogens with two attached hydrogens (primary N) is 1. The van der Waals surface area contributed by atoms with Gasteiger partial charge in [0.2, 0.25) is 0 Å². The number of hydrogen-bond acceptors (Lipinski definition) is 4. The molecule has 4 nitrogen and oxygen atoms in total. The molecule has 0 radical (unpaired) electrons. The van der Waals surface area contributed by atoms with Crippen LogP contribution in [0.2, 0.25) is 0 Å². The Kier molecular flexibility index (Phi) is 6.29. The molecule has 1 unspecified atom stereocenters. The maximum atomic E-state index is 13.3. The quantitative estimate of drug-likeness (QED) is 0.757. The number of aliphatic hydroxyl groups excluding tert-OH is 1. The highest BCUT2D eigenvalue weighted by Crippen LogP contribution is 2.28. The first-order chi connectivity index (χ1) is 13.0. The Morgan fingerprint density at radius 3 is 2.52 bits per heavy atom. The topological polar surface area (TPSA) is 58.7 Å². The van der Waals surface area contributed by atoms with Crippen molar-refractivity contribution >= 4 is 5.69 Å². The van der Waals surface area contributed by atoms with E-state index in [0.717, 1.165) is 61.5 Å². The second-order valence-electron chi connectivity index (χ2n) is 7.20. The maximum Gasteiger partial charge on any atom is 0.159 e. The molecule has 1 aliphatic rings. The van der Waals surface area contributed by atoms with Crippen LogP contribution in [-0.2, 0) is 6.42 Å². The first-order valence-corrected chi connectivity index (χ1v) is 9.24. The highest BCUT2D eigenvalue weighted by atomic mass is 19.2. The molecule has 1 heterocycles. The van der Waals surface area contributed by atoms with Crippen molar-refractivity contribution in [1.82, 2.24) is 4.90 Å². The molecule has 1 saturated heterocycles. The Labute approximate surface area is 158 Å². The first kappa shape index (κ1) is 19.6. The molecular formula is C21H26F2N2O2. The predicted molar refractivity (Wildman–Crippen MR) is 102 cm³/mol. The van der Waals surface area contributed by atoms with Crippen molar-refractivity contribution in [3.05, 3.63) is 59.2 Å². The van der Waals surface area contributed by atoms with E-state index in [1.54, 1.807) is 7.11 Å². The van der Waals surface area contributed by atoms with Crippen LogP contribution < -0.4 is 10.5 Å². The van der Waals surface area contributed by atoms with Gasteiger partial charge in [0.25, 0.3) is 0 Å². The molecule has 0 amide bonds. The van der Waals surface area contributed by atoms with Crippen molar-refractivity contribution in [2.45, 2.75) is 25.4 Å². The molecule has 1 fully saturated rings. The van der Waals surface area contributed by atoms with Gasteiger partial charge >= 0.3 is 0 Å². The third kappa shape index (κ3) is 4.96. The average molecular weight is 376 g/mol. The molecule has 2 aromatic carbocycles. The van der Waals surface area contributed by atoms with Crippen LogP contribution in [0.3, 0.4) is 0 Å². The van der Waals surface area contributed by atoms with E-state index in [9.17, 15) is 13.9 Å². The fourth-order valence-electron chi connectivity index (χ4n) is 3.64. The smallest absolute Gasteiger partial charge is 0.159 e. The minimum absolute atomic E-state index is 0.405. The third-order valence-corrected chi connectivity index (χ3v) is 5.33. The minimum Gasteiger partial charge on any atom is -0.497 e. The summed E-state index contributed by atoms with van der Waals surface area (Å²) in [4.78, 5) is 2.17. The molecule has 0 saturated carbocycles. The zero-order valence-electron chi connectivity index (χ0n) is 15.5. The van der Waals surface area contributed by atoms with E-state index in [1.165, 1.54) is 6.07 Å². The van der Waals surface area contributed by atoms with Crippen molar-refractivity contribution in [2.75, 3.05) is 32.5 Å². The lowest BCUT2D eigenvalue weighted by Crippen LogP contribution is -2.37. The number of rotatable bonds is 6. The van der Waals surface area contributed by atoms with Gasteiger partial charge in [-0.1, -0.05) is 12.1 Å². The van der Waals surface area contributed by atoms with Gasteiger partial charge in [0.05, 0.1) is 13.2 Å². The van der Waals surface area contributed by atoms with Gasteiger partial charge in [0, 0.05) is 18.3 Å². The summed E-state index contributed by atoms with van der Waals surface area (Å²) in [6.07, 6.45) is 2.12. The number of ether oxygens (including phenoxy) is 1. The first-order valence-electron chi connectivity index (χ1n) is 9.24. The molecular weight excluding hydrogens is 350 g/mol. The molecule has 0 bridgehead atoms. The van der Waals surface area contributed by atoms with Crippen molar-refractivity contribution in [2.24, 2.45) is 5.92 Å². The zero-order chi connectivity index (χ0) is 19.4. The van der Waals surface area contributed by atoms with Gasteiger partial charge in [-0.25, -0.2) is 8.78 Å². The van der Waals surface area contributed by atoms with Crippen molar-refractivity contribution < 1.29 is 18.6 Å². The van der Waals surface area contributed by atoms with Gasteiger partial charge in [-0.15, -0.1) is 0 Å². The molecule has 146 valence electrons. The highest BCUT2D eigenvalue weighted by molar-refractivity contribution is 5.51. The minimum atomic E-state index is -0.928. The largest absolute Gasteiger partial charge is 0.497 e. The Balaban J connectivity index is 1.50. The van der Waals surface area contributed by atoms with Crippen molar-refractivity contribution in [3.63, 3.8) is 0 Å². The van der Waals surface area contributed by atoms with Gasteiger partial charge in [0.15, 0.2) is 11.6 Å². The van der Waals surface area contributed by atoms with E-state index in [1.807, 2.05) is 18.2 Å². The van der Waals surface area contributed by atoms with Crippen LogP contribution in [0.5, 0.6) is 5.75 Å². The third-order valence-electron chi connectivity index (χ3n) is 5.33. The van der Waals surface area contributed by atoms with Gasteiger partial charge < -0.3 is 20.5 Å². The molecule has 3 rings (SSSR count). The monoisotopic (exact) mass is 376 g/mol. The van der Waals surface area contributed by atoms with Crippen molar-refractivity contribution in [3.8, 4) is 5.75 Å². The van der Waals surface area contributed by atoms with E-state index in [-0.39, 0.29) is 0 Å². The number of methoxy groups -OCH3 is 1.